The van der Waals surface area contributed by atoms with Crippen LogP contribution in [0.1, 0.15) is 25.7 Å². The highest BCUT2D eigenvalue weighted by Crippen LogP contribution is 2.25. The van der Waals surface area contributed by atoms with E-state index >= 15 is 0 Å². The summed E-state index contributed by atoms with van der Waals surface area (Å²) in [6.07, 6.45) is 6.50. The minimum Gasteiger partial charge on any atom is -0.354 e. The van der Waals surface area contributed by atoms with Crippen LogP contribution in [-0.2, 0) is 0 Å². The lowest BCUT2D eigenvalue weighted by Gasteiger charge is -2.36. The Labute approximate surface area is 107 Å². The SMILES string of the molecule is ClCCC1CCCCN1c1ccc(Cl)cn1. The zero-order valence-electron chi connectivity index (χ0n) is 9.20. The summed E-state index contributed by atoms with van der Waals surface area (Å²) in [5.41, 5.74) is 0. The zero-order valence-corrected chi connectivity index (χ0v) is 10.7. The quantitative estimate of drug-likeness (QED) is 0.769. The predicted molar refractivity (Wildman–Crippen MR) is 69.6 cm³/mol. The van der Waals surface area contributed by atoms with E-state index in [0.717, 1.165) is 24.7 Å². The van der Waals surface area contributed by atoms with E-state index in [0.29, 0.717) is 11.1 Å². The van der Waals surface area contributed by atoms with Crippen LogP contribution in [0, 0.1) is 0 Å². The fraction of sp³-hybridized carbons (Fsp3) is 0.583. The van der Waals surface area contributed by atoms with Gasteiger partial charge in [-0.05, 0) is 37.8 Å². The Hall–Kier alpha value is -0.470. The second-order valence-electron chi connectivity index (χ2n) is 4.16. The van der Waals surface area contributed by atoms with Gasteiger partial charge >= 0.3 is 0 Å². The van der Waals surface area contributed by atoms with E-state index < -0.39 is 0 Å². The van der Waals surface area contributed by atoms with E-state index in [1.54, 1.807) is 6.20 Å². The van der Waals surface area contributed by atoms with Crippen molar-refractivity contribution in [2.24, 2.45) is 0 Å². The molecule has 0 saturated carbocycles. The van der Waals surface area contributed by atoms with Crippen LogP contribution < -0.4 is 4.90 Å². The van der Waals surface area contributed by atoms with Crippen molar-refractivity contribution in [2.75, 3.05) is 17.3 Å². The Bertz CT molecular complexity index is 324. The second kappa shape index (κ2) is 5.74. The van der Waals surface area contributed by atoms with Crippen LogP contribution in [0.2, 0.25) is 5.02 Å². The molecular weight excluding hydrogens is 243 g/mol. The van der Waals surface area contributed by atoms with Gasteiger partial charge in [0.25, 0.3) is 0 Å². The van der Waals surface area contributed by atoms with Crippen molar-refractivity contribution in [3.63, 3.8) is 0 Å². The number of anilines is 1. The van der Waals surface area contributed by atoms with Crippen LogP contribution in [0.3, 0.4) is 0 Å². The molecule has 0 aliphatic carbocycles. The molecular formula is C12H16Cl2N2. The van der Waals surface area contributed by atoms with E-state index in [-0.39, 0.29) is 0 Å². The fourth-order valence-corrected chi connectivity index (χ4v) is 2.63. The molecule has 1 fully saturated rings. The minimum absolute atomic E-state index is 0.542. The summed E-state index contributed by atoms with van der Waals surface area (Å²) < 4.78 is 0. The number of pyridine rings is 1. The maximum Gasteiger partial charge on any atom is 0.128 e. The van der Waals surface area contributed by atoms with E-state index in [1.165, 1.54) is 19.3 Å². The molecule has 88 valence electrons. The van der Waals surface area contributed by atoms with Gasteiger partial charge in [0.05, 0.1) is 5.02 Å². The largest absolute Gasteiger partial charge is 0.354 e. The van der Waals surface area contributed by atoms with Crippen molar-refractivity contribution >= 4 is 29.0 Å². The molecule has 1 aromatic rings. The number of nitrogens with zero attached hydrogens (tertiary/aromatic N) is 2. The van der Waals surface area contributed by atoms with Crippen molar-refractivity contribution in [3.8, 4) is 0 Å². The van der Waals surface area contributed by atoms with Gasteiger partial charge in [-0.1, -0.05) is 11.6 Å². The molecule has 1 aliphatic heterocycles. The second-order valence-corrected chi connectivity index (χ2v) is 4.97. The first-order valence-corrected chi connectivity index (χ1v) is 6.66. The van der Waals surface area contributed by atoms with Crippen molar-refractivity contribution in [3.05, 3.63) is 23.4 Å². The third-order valence-corrected chi connectivity index (χ3v) is 3.52. The van der Waals surface area contributed by atoms with Crippen molar-refractivity contribution in [2.45, 2.75) is 31.7 Å². The van der Waals surface area contributed by atoms with E-state index in [9.17, 15) is 0 Å². The van der Waals surface area contributed by atoms with Gasteiger partial charge in [-0.2, -0.15) is 0 Å². The molecule has 1 aliphatic rings. The maximum atomic E-state index is 5.85. The van der Waals surface area contributed by atoms with Crippen LogP contribution in [0.5, 0.6) is 0 Å². The predicted octanol–water partition coefficient (Wildman–Crippen LogP) is 3.72. The van der Waals surface area contributed by atoms with Gasteiger partial charge in [0.1, 0.15) is 5.82 Å². The monoisotopic (exact) mass is 258 g/mol. The lowest BCUT2D eigenvalue weighted by molar-refractivity contribution is 0.448. The topological polar surface area (TPSA) is 16.1 Å². The molecule has 2 nitrogen and oxygen atoms in total. The molecule has 0 N–H and O–H groups in total. The maximum absolute atomic E-state index is 5.85. The summed E-state index contributed by atoms with van der Waals surface area (Å²) in [6.45, 7) is 1.08. The van der Waals surface area contributed by atoms with Crippen molar-refractivity contribution < 1.29 is 0 Å². The molecule has 0 spiro atoms. The summed E-state index contributed by atoms with van der Waals surface area (Å²) in [6, 6.07) is 4.44. The lowest BCUT2D eigenvalue weighted by Crippen LogP contribution is -2.40. The average molecular weight is 259 g/mol. The molecule has 0 bridgehead atoms. The normalized spacial score (nSPS) is 21.1. The number of alkyl halides is 1. The fourth-order valence-electron chi connectivity index (χ4n) is 2.27. The first-order chi connectivity index (χ1) is 7.81. The van der Waals surface area contributed by atoms with Crippen molar-refractivity contribution in [1.29, 1.82) is 0 Å². The smallest absolute Gasteiger partial charge is 0.128 e. The summed E-state index contributed by atoms with van der Waals surface area (Å²) in [5.74, 6) is 1.74. The molecule has 1 atom stereocenters. The van der Waals surface area contributed by atoms with Crippen molar-refractivity contribution in [1.82, 2.24) is 4.98 Å². The lowest BCUT2D eigenvalue weighted by atomic mass is 10.00. The molecule has 1 saturated heterocycles. The van der Waals surface area contributed by atoms with Crippen LogP contribution in [0.4, 0.5) is 5.82 Å². The molecule has 4 heteroatoms. The van der Waals surface area contributed by atoms with Gasteiger partial charge in [0.15, 0.2) is 0 Å². The molecule has 16 heavy (non-hydrogen) atoms. The van der Waals surface area contributed by atoms with Gasteiger partial charge in [-0.25, -0.2) is 4.98 Å². The summed E-state index contributed by atoms with van der Waals surface area (Å²) in [7, 11) is 0. The third kappa shape index (κ3) is 2.80. The zero-order chi connectivity index (χ0) is 11.4. The van der Waals surface area contributed by atoms with Crippen LogP contribution in [-0.4, -0.2) is 23.5 Å². The Morgan fingerprint density at radius 2 is 2.25 bits per heavy atom. The molecule has 2 heterocycles. The number of halogens is 2. The van der Waals surface area contributed by atoms with Gasteiger partial charge in [-0.15, -0.1) is 11.6 Å². The molecule has 1 unspecified atom stereocenters. The first-order valence-electron chi connectivity index (χ1n) is 5.75. The molecule has 2 rings (SSSR count). The van der Waals surface area contributed by atoms with E-state index in [2.05, 4.69) is 9.88 Å². The molecule has 0 amide bonds. The van der Waals surface area contributed by atoms with Gasteiger partial charge in [-0.3, -0.25) is 0 Å². The van der Waals surface area contributed by atoms with Gasteiger partial charge in [0.2, 0.25) is 0 Å². The van der Waals surface area contributed by atoms with Crippen LogP contribution in [0.25, 0.3) is 0 Å². The standard InChI is InChI=1S/C12H16Cl2N2/c13-7-6-11-3-1-2-8-16(11)12-5-4-10(14)9-15-12/h4-5,9,11H,1-3,6-8H2. The van der Waals surface area contributed by atoms with Crippen LogP contribution >= 0.6 is 23.2 Å². The molecule has 0 radical (unpaired) electrons. The Balaban J connectivity index is 2.13. The molecule has 1 aromatic heterocycles. The number of aromatic nitrogens is 1. The summed E-state index contributed by atoms with van der Waals surface area (Å²) in [4.78, 5) is 6.75. The number of rotatable bonds is 3. The molecule has 0 aromatic carbocycles. The highest BCUT2D eigenvalue weighted by molar-refractivity contribution is 6.30. The Morgan fingerprint density at radius 3 is 2.94 bits per heavy atom. The van der Waals surface area contributed by atoms with Gasteiger partial charge in [0, 0.05) is 24.7 Å². The number of hydrogen-bond donors (Lipinski definition) is 0. The van der Waals surface area contributed by atoms with E-state index in [4.69, 9.17) is 23.2 Å². The first kappa shape index (κ1) is 12.0. The summed E-state index contributed by atoms with van der Waals surface area (Å²) >= 11 is 11.7. The highest BCUT2D eigenvalue weighted by atomic mass is 35.5. The minimum atomic E-state index is 0.542. The summed E-state index contributed by atoms with van der Waals surface area (Å²) in [5, 5.41) is 0.689. The highest BCUT2D eigenvalue weighted by Gasteiger charge is 2.22. The number of piperidine rings is 1. The Morgan fingerprint density at radius 1 is 1.38 bits per heavy atom. The number of hydrogen-bond acceptors (Lipinski definition) is 2. The van der Waals surface area contributed by atoms with Gasteiger partial charge < -0.3 is 4.90 Å². The average Bonchev–Trinajstić information content (AvgIpc) is 2.32. The van der Waals surface area contributed by atoms with Crippen LogP contribution in [0.15, 0.2) is 18.3 Å². The third-order valence-electron chi connectivity index (χ3n) is 3.08. The van der Waals surface area contributed by atoms with E-state index in [1.807, 2.05) is 12.1 Å². The Kier molecular flexibility index (Phi) is 4.30.